The third-order valence-electron chi connectivity index (χ3n) is 2.46. The average molecular weight is 157 g/mol. The molecule has 1 aliphatic carbocycles. The molecule has 0 atom stereocenters. The molecule has 0 aliphatic heterocycles. The largest absolute Gasteiger partial charge is 0.396 e. The molecule has 0 saturated heterocycles. The molecular weight excluding hydrogens is 138 g/mol. The van der Waals surface area contributed by atoms with Crippen molar-refractivity contribution in [3.63, 3.8) is 0 Å². The van der Waals surface area contributed by atoms with Crippen molar-refractivity contribution in [3.05, 3.63) is 0 Å². The standard InChI is InChI=1S/C9H19NO/c1-2-3-4-10-9-5-8(6-9)7-11/h8-11H,2-7H2,1H3. The van der Waals surface area contributed by atoms with Gasteiger partial charge in [-0.15, -0.1) is 0 Å². The Morgan fingerprint density at radius 1 is 1.45 bits per heavy atom. The number of aliphatic hydroxyl groups is 1. The first kappa shape index (κ1) is 9.01. The molecule has 11 heavy (non-hydrogen) atoms. The zero-order valence-electron chi connectivity index (χ0n) is 7.34. The van der Waals surface area contributed by atoms with Gasteiger partial charge in [0.15, 0.2) is 0 Å². The van der Waals surface area contributed by atoms with E-state index in [-0.39, 0.29) is 0 Å². The van der Waals surface area contributed by atoms with Gasteiger partial charge in [0.25, 0.3) is 0 Å². The van der Waals surface area contributed by atoms with E-state index in [1.807, 2.05) is 0 Å². The molecule has 0 amide bonds. The summed E-state index contributed by atoms with van der Waals surface area (Å²) in [7, 11) is 0. The van der Waals surface area contributed by atoms with Gasteiger partial charge in [0.1, 0.15) is 0 Å². The summed E-state index contributed by atoms with van der Waals surface area (Å²) in [5.41, 5.74) is 0. The van der Waals surface area contributed by atoms with Crippen LogP contribution < -0.4 is 5.32 Å². The van der Waals surface area contributed by atoms with E-state index in [9.17, 15) is 0 Å². The summed E-state index contributed by atoms with van der Waals surface area (Å²) < 4.78 is 0. The first-order chi connectivity index (χ1) is 5.36. The molecule has 2 nitrogen and oxygen atoms in total. The first-order valence-corrected chi connectivity index (χ1v) is 4.71. The zero-order chi connectivity index (χ0) is 8.10. The third-order valence-corrected chi connectivity index (χ3v) is 2.46. The van der Waals surface area contributed by atoms with Crippen LogP contribution in [0.1, 0.15) is 32.6 Å². The van der Waals surface area contributed by atoms with Gasteiger partial charge in [0, 0.05) is 12.6 Å². The van der Waals surface area contributed by atoms with Gasteiger partial charge in [-0.3, -0.25) is 0 Å². The predicted octanol–water partition coefficient (Wildman–Crippen LogP) is 1.15. The number of hydrogen-bond acceptors (Lipinski definition) is 2. The number of rotatable bonds is 5. The zero-order valence-corrected chi connectivity index (χ0v) is 7.34. The Bertz CT molecular complexity index is 99.7. The van der Waals surface area contributed by atoms with Crippen molar-refractivity contribution in [2.75, 3.05) is 13.2 Å². The van der Waals surface area contributed by atoms with E-state index in [0.717, 1.165) is 6.54 Å². The fourth-order valence-electron chi connectivity index (χ4n) is 1.53. The van der Waals surface area contributed by atoms with Gasteiger partial charge in [-0.05, 0) is 31.7 Å². The van der Waals surface area contributed by atoms with Crippen molar-refractivity contribution in [2.24, 2.45) is 5.92 Å². The summed E-state index contributed by atoms with van der Waals surface area (Å²) >= 11 is 0. The lowest BCUT2D eigenvalue weighted by molar-refractivity contribution is 0.127. The molecule has 0 aromatic carbocycles. The highest BCUT2D eigenvalue weighted by atomic mass is 16.3. The van der Waals surface area contributed by atoms with Crippen LogP contribution >= 0.6 is 0 Å². The lowest BCUT2D eigenvalue weighted by atomic mass is 9.81. The van der Waals surface area contributed by atoms with Crippen molar-refractivity contribution in [1.82, 2.24) is 5.32 Å². The summed E-state index contributed by atoms with van der Waals surface area (Å²) in [4.78, 5) is 0. The molecule has 0 radical (unpaired) electrons. The summed E-state index contributed by atoms with van der Waals surface area (Å²) in [5.74, 6) is 0.592. The SMILES string of the molecule is CCCCNC1CC(CO)C1. The maximum Gasteiger partial charge on any atom is 0.0460 e. The Kier molecular flexibility index (Phi) is 3.87. The van der Waals surface area contributed by atoms with Gasteiger partial charge >= 0.3 is 0 Å². The summed E-state index contributed by atoms with van der Waals surface area (Å²) in [5, 5.41) is 12.2. The molecular formula is C9H19NO. The van der Waals surface area contributed by atoms with Crippen LogP contribution in [-0.2, 0) is 0 Å². The van der Waals surface area contributed by atoms with Crippen molar-refractivity contribution in [3.8, 4) is 0 Å². The molecule has 0 bridgehead atoms. The van der Waals surface area contributed by atoms with Gasteiger partial charge < -0.3 is 10.4 Å². The van der Waals surface area contributed by atoms with Crippen LogP contribution in [0.4, 0.5) is 0 Å². The summed E-state index contributed by atoms with van der Waals surface area (Å²) in [6.45, 7) is 3.74. The van der Waals surface area contributed by atoms with Gasteiger partial charge in [0.2, 0.25) is 0 Å². The maximum absolute atomic E-state index is 8.75. The van der Waals surface area contributed by atoms with Crippen LogP contribution in [0.5, 0.6) is 0 Å². The molecule has 2 heteroatoms. The van der Waals surface area contributed by atoms with Gasteiger partial charge in [-0.25, -0.2) is 0 Å². The normalized spacial score (nSPS) is 30.0. The highest BCUT2D eigenvalue weighted by Gasteiger charge is 2.27. The van der Waals surface area contributed by atoms with Crippen molar-refractivity contribution >= 4 is 0 Å². The second-order valence-electron chi connectivity index (χ2n) is 3.52. The van der Waals surface area contributed by atoms with E-state index < -0.39 is 0 Å². The van der Waals surface area contributed by atoms with Gasteiger partial charge in [-0.1, -0.05) is 13.3 Å². The molecule has 1 aliphatic rings. The van der Waals surface area contributed by atoms with Crippen molar-refractivity contribution in [1.29, 1.82) is 0 Å². The Hall–Kier alpha value is -0.0800. The Balaban J connectivity index is 1.88. The first-order valence-electron chi connectivity index (χ1n) is 4.71. The van der Waals surface area contributed by atoms with Crippen LogP contribution in [0, 0.1) is 5.92 Å². The molecule has 1 saturated carbocycles. The molecule has 0 aromatic rings. The van der Waals surface area contributed by atoms with Crippen molar-refractivity contribution in [2.45, 2.75) is 38.6 Å². The Labute approximate surface area is 69.0 Å². The van der Waals surface area contributed by atoms with Crippen molar-refractivity contribution < 1.29 is 5.11 Å². The average Bonchev–Trinajstić information content (AvgIpc) is 1.94. The fraction of sp³-hybridized carbons (Fsp3) is 1.00. The predicted molar refractivity (Wildman–Crippen MR) is 46.5 cm³/mol. The number of hydrogen-bond donors (Lipinski definition) is 2. The number of unbranched alkanes of at least 4 members (excludes halogenated alkanes) is 1. The number of nitrogens with one attached hydrogen (secondary N) is 1. The molecule has 0 spiro atoms. The highest BCUT2D eigenvalue weighted by molar-refractivity contribution is 4.84. The molecule has 1 fully saturated rings. The highest BCUT2D eigenvalue weighted by Crippen LogP contribution is 2.26. The lowest BCUT2D eigenvalue weighted by Gasteiger charge is -2.34. The van der Waals surface area contributed by atoms with E-state index in [2.05, 4.69) is 12.2 Å². The minimum atomic E-state index is 0.381. The van der Waals surface area contributed by atoms with E-state index in [1.165, 1.54) is 25.7 Å². The molecule has 0 heterocycles. The van der Waals surface area contributed by atoms with Gasteiger partial charge in [0.05, 0.1) is 0 Å². The molecule has 0 unspecified atom stereocenters. The fourth-order valence-corrected chi connectivity index (χ4v) is 1.53. The van der Waals surface area contributed by atoms with E-state index in [0.29, 0.717) is 18.6 Å². The third kappa shape index (κ3) is 2.80. The van der Waals surface area contributed by atoms with Crippen LogP contribution in [0.3, 0.4) is 0 Å². The van der Waals surface area contributed by atoms with Crippen LogP contribution in [0.25, 0.3) is 0 Å². The Morgan fingerprint density at radius 3 is 2.73 bits per heavy atom. The molecule has 0 aromatic heterocycles. The Morgan fingerprint density at radius 2 is 2.18 bits per heavy atom. The smallest absolute Gasteiger partial charge is 0.0460 e. The molecule has 1 rings (SSSR count). The van der Waals surface area contributed by atoms with Crippen LogP contribution in [-0.4, -0.2) is 24.3 Å². The maximum atomic E-state index is 8.75. The van der Waals surface area contributed by atoms with Crippen LogP contribution in [0.2, 0.25) is 0 Å². The molecule has 2 N–H and O–H groups in total. The monoisotopic (exact) mass is 157 g/mol. The number of aliphatic hydroxyl groups excluding tert-OH is 1. The second kappa shape index (κ2) is 4.73. The van der Waals surface area contributed by atoms with E-state index in [4.69, 9.17) is 5.11 Å². The van der Waals surface area contributed by atoms with Crippen LogP contribution in [0.15, 0.2) is 0 Å². The lowest BCUT2D eigenvalue weighted by Crippen LogP contribution is -2.42. The van der Waals surface area contributed by atoms with E-state index >= 15 is 0 Å². The topological polar surface area (TPSA) is 32.3 Å². The van der Waals surface area contributed by atoms with Gasteiger partial charge in [-0.2, -0.15) is 0 Å². The quantitative estimate of drug-likeness (QED) is 0.587. The second-order valence-corrected chi connectivity index (χ2v) is 3.52. The molecule has 66 valence electrons. The minimum absolute atomic E-state index is 0.381. The summed E-state index contributed by atoms with van der Waals surface area (Å²) in [6.07, 6.45) is 4.91. The minimum Gasteiger partial charge on any atom is -0.396 e. The van der Waals surface area contributed by atoms with E-state index in [1.54, 1.807) is 0 Å². The summed E-state index contributed by atoms with van der Waals surface area (Å²) in [6, 6.07) is 0.707.